The van der Waals surface area contributed by atoms with Gasteiger partial charge in [-0.3, -0.25) is 14.6 Å². The summed E-state index contributed by atoms with van der Waals surface area (Å²) < 4.78 is 5.01. The minimum atomic E-state index is 0.0838. The molecule has 24 heavy (non-hydrogen) atoms. The first-order chi connectivity index (χ1) is 11.6. The van der Waals surface area contributed by atoms with Crippen molar-refractivity contribution >= 4 is 17.2 Å². The average molecular weight is 349 g/mol. The minimum absolute atomic E-state index is 0.0838. The van der Waals surface area contributed by atoms with E-state index < -0.39 is 0 Å². The number of amides is 1. The van der Waals surface area contributed by atoms with Crippen molar-refractivity contribution in [1.82, 2.24) is 25.3 Å². The van der Waals surface area contributed by atoms with Gasteiger partial charge in [0.05, 0.1) is 19.6 Å². The lowest BCUT2D eigenvalue weighted by atomic mass is 10.2. The molecular weight excluding hydrogens is 326 g/mol. The molecule has 1 aliphatic heterocycles. The Bertz CT molecular complexity index is 657. The topological polar surface area (TPSA) is 74.5 Å². The molecule has 1 atom stereocenters. The molecule has 0 bridgehead atoms. The van der Waals surface area contributed by atoms with Crippen molar-refractivity contribution in [2.24, 2.45) is 0 Å². The molecule has 7 nitrogen and oxygen atoms in total. The van der Waals surface area contributed by atoms with E-state index in [9.17, 15) is 4.79 Å². The summed E-state index contributed by atoms with van der Waals surface area (Å²) in [4.78, 5) is 21.9. The molecule has 1 saturated heterocycles. The number of carbonyl (C=O) groups is 1. The van der Waals surface area contributed by atoms with Gasteiger partial charge in [0.1, 0.15) is 0 Å². The summed E-state index contributed by atoms with van der Waals surface area (Å²) in [5.74, 6) is 1.39. The molecule has 1 N–H and O–H groups in total. The van der Waals surface area contributed by atoms with Crippen LogP contribution in [0.15, 0.2) is 22.0 Å². The van der Waals surface area contributed by atoms with Crippen molar-refractivity contribution in [3.63, 3.8) is 0 Å². The standard InChI is InChI=1S/C16H23N5O2S/c1-12-18-15(19-23-12)10-20(2)13-5-6-21(9-13)11-16(22)17-8-14-4-3-7-24-14/h3-4,7,13H,5-6,8-11H2,1-2H3,(H,17,22)/t13-/m0/s1. The Balaban J connectivity index is 1.40. The van der Waals surface area contributed by atoms with Crippen LogP contribution in [0.2, 0.25) is 0 Å². The van der Waals surface area contributed by atoms with Gasteiger partial charge in [-0.25, -0.2) is 0 Å². The summed E-state index contributed by atoms with van der Waals surface area (Å²) in [6.07, 6.45) is 1.05. The van der Waals surface area contributed by atoms with Crippen LogP contribution in [0.1, 0.15) is 23.0 Å². The van der Waals surface area contributed by atoms with Gasteiger partial charge in [0, 0.05) is 30.9 Å². The van der Waals surface area contributed by atoms with E-state index in [2.05, 4.69) is 32.3 Å². The second-order valence-electron chi connectivity index (χ2n) is 6.18. The van der Waals surface area contributed by atoms with Gasteiger partial charge in [0.25, 0.3) is 0 Å². The number of carbonyl (C=O) groups excluding carboxylic acids is 1. The zero-order valence-corrected chi connectivity index (χ0v) is 14.9. The highest BCUT2D eigenvalue weighted by Crippen LogP contribution is 2.16. The number of aromatic nitrogens is 2. The molecule has 1 amide bonds. The monoisotopic (exact) mass is 349 g/mol. The summed E-state index contributed by atoms with van der Waals surface area (Å²) in [5.41, 5.74) is 0. The van der Waals surface area contributed by atoms with Crippen molar-refractivity contribution in [2.45, 2.75) is 32.5 Å². The lowest BCUT2D eigenvalue weighted by Gasteiger charge is -2.23. The van der Waals surface area contributed by atoms with E-state index >= 15 is 0 Å². The Hall–Kier alpha value is -1.77. The van der Waals surface area contributed by atoms with Gasteiger partial charge in [-0.1, -0.05) is 11.2 Å². The lowest BCUT2D eigenvalue weighted by molar-refractivity contribution is -0.122. The number of aryl methyl sites for hydroxylation is 1. The quantitative estimate of drug-likeness (QED) is 0.811. The van der Waals surface area contributed by atoms with E-state index in [1.54, 1.807) is 18.3 Å². The molecule has 0 saturated carbocycles. The largest absolute Gasteiger partial charge is 0.350 e. The van der Waals surface area contributed by atoms with Crippen LogP contribution in [0.3, 0.4) is 0 Å². The molecule has 2 aromatic heterocycles. The average Bonchev–Trinajstić information content (AvgIpc) is 3.27. The number of likely N-dealkylation sites (N-methyl/N-ethyl adjacent to an activating group) is 1. The highest BCUT2D eigenvalue weighted by Gasteiger charge is 2.27. The first kappa shape index (κ1) is 17.1. The van der Waals surface area contributed by atoms with Crippen molar-refractivity contribution in [1.29, 1.82) is 0 Å². The zero-order valence-electron chi connectivity index (χ0n) is 14.1. The molecule has 0 unspecified atom stereocenters. The van der Waals surface area contributed by atoms with Crippen LogP contribution < -0.4 is 5.32 Å². The van der Waals surface area contributed by atoms with E-state index in [0.29, 0.717) is 37.4 Å². The molecule has 1 aliphatic rings. The number of nitrogens with zero attached hydrogens (tertiary/aromatic N) is 4. The maximum absolute atomic E-state index is 12.1. The second-order valence-corrected chi connectivity index (χ2v) is 7.21. The van der Waals surface area contributed by atoms with Crippen LogP contribution in [-0.2, 0) is 17.9 Å². The fraction of sp³-hybridized carbons (Fsp3) is 0.562. The SMILES string of the molecule is Cc1nc(CN(C)[C@H]2CCN(CC(=O)NCc3cccs3)C2)no1. The maximum atomic E-state index is 12.1. The van der Waals surface area contributed by atoms with E-state index in [1.165, 1.54) is 4.88 Å². The van der Waals surface area contributed by atoms with Crippen molar-refractivity contribution in [3.05, 3.63) is 34.1 Å². The van der Waals surface area contributed by atoms with E-state index in [4.69, 9.17) is 4.52 Å². The van der Waals surface area contributed by atoms with Gasteiger partial charge in [-0.2, -0.15) is 4.98 Å². The summed E-state index contributed by atoms with van der Waals surface area (Å²) in [7, 11) is 2.07. The van der Waals surface area contributed by atoms with Crippen LogP contribution in [-0.4, -0.2) is 58.6 Å². The number of likely N-dealkylation sites (tertiary alicyclic amines) is 1. The van der Waals surface area contributed by atoms with Crippen LogP contribution in [0.25, 0.3) is 0 Å². The summed E-state index contributed by atoms with van der Waals surface area (Å²) in [6.45, 7) is 5.36. The Morgan fingerprint density at radius 3 is 3.17 bits per heavy atom. The predicted octanol–water partition coefficient (Wildman–Crippen LogP) is 1.26. The molecule has 1 fully saturated rings. The molecule has 0 spiro atoms. The second kappa shape index (κ2) is 7.87. The molecule has 3 rings (SSSR count). The molecular formula is C16H23N5O2S. The third-order valence-corrected chi connectivity index (χ3v) is 5.11. The van der Waals surface area contributed by atoms with E-state index in [-0.39, 0.29) is 5.91 Å². The fourth-order valence-electron chi connectivity index (χ4n) is 2.93. The van der Waals surface area contributed by atoms with E-state index in [0.717, 1.165) is 19.5 Å². The third kappa shape index (κ3) is 4.62. The van der Waals surface area contributed by atoms with E-state index in [1.807, 2.05) is 17.5 Å². The Morgan fingerprint density at radius 2 is 2.46 bits per heavy atom. The molecule has 3 heterocycles. The van der Waals surface area contributed by atoms with Gasteiger partial charge in [0.15, 0.2) is 5.82 Å². The van der Waals surface area contributed by atoms with Crippen molar-refractivity contribution < 1.29 is 9.32 Å². The Morgan fingerprint density at radius 1 is 1.58 bits per heavy atom. The molecule has 0 aliphatic carbocycles. The number of rotatable bonds is 7. The number of hydrogen-bond donors (Lipinski definition) is 1. The predicted molar refractivity (Wildman–Crippen MR) is 91.5 cm³/mol. The van der Waals surface area contributed by atoms with Crippen LogP contribution >= 0.6 is 11.3 Å². The molecule has 130 valence electrons. The summed E-state index contributed by atoms with van der Waals surface area (Å²) >= 11 is 1.66. The number of hydrogen-bond acceptors (Lipinski definition) is 7. The summed E-state index contributed by atoms with van der Waals surface area (Å²) in [5, 5.41) is 8.94. The summed E-state index contributed by atoms with van der Waals surface area (Å²) in [6, 6.07) is 4.44. The first-order valence-electron chi connectivity index (χ1n) is 8.11. The number of nitrogens with one attached hydrogen (secondary N) is 1. The minimum Gasteiger partial charge on any atom is -0.350 e. The van der Waals surface area contributed by atoms with Gasteiger partial charge < -0.3 is 9.84 Å². The van der Waals surface area contributed by atoms with Crippen LogP contribution in [0, 0.1) is 6.92 Å². The Kier molecular flexibility index (Phi) is 5.60. The molecule has 2 aromatic rings. The highest BCUT2D eigenvalue weighted by atomic mass is 32.1. The molecule has 8 heteroatoms. The fourth-order valence-corrected chi connectivity index (χ4v) is 3.58. The van der Waals surface area contributed by atoms with Gasteiger partial charge in [-0.15, -0.1) is 11.3 Å². The van der Waals surface area contributed by atoms with Crippen molar-refractivity contribution in [3.8, 4) is 0 Å². The first-order valence-corrected chi connectivity index (χ1v) is 8.99. The maximum Gasteiger partial charge on any atom is 0.234 e. The Labute approximate surface area is 145 Å². The van der Waals surface area contributed by atoms with Crippen LogP contribution in [0.4, 0.5) is 0 Å². The third-order valence-electron chi connectivity index (χ3n) is 4.24. The number of thiophene rings is 1. The lowest BCUT2D eigenvalue weighted by Crippen LogP contribution is -2.38. The molecule has 0 aromatic carbocycles. The normalized spacial score (nSPS) is 18.4. The zero-order chi connectivity index (χ0) is 16.9. The van der Waals surface area contributed by atoms with Gasteiger partial charge in [0.2, 0.25) is 11.8 Å². The molecule has 0 radical (unpaired) electrons. The van der Waals surface area contributed by atoms with Gasteiger partial charge in [-0.05, 0) is 24.9 Å². The van der Waals surface area contributed by atoms with Gasteiger partial charge >= 0.3 is 0 Å². The van der Waals surface area contributed by atoms with Crippen LogP contribution in [0.5, 0.6) is 0 Å². The smallest absolute Gasteiger partial charge is 0.234 e. The highest BCUT2D eigenvalue weighted by molar-refractivity contribution is 7.09. The van der Waals surface area contributed by atoms with Crippen molar-refractivity contribution in [2.75, 3.05) is 26.7 Å².